The standard InChI is InChI=1S/C16H19N3O3S/c20-14(11-1-2-11)18-16(23)17-13-5-3-12(4-6-13)15(21)19-7-9-22-10-8-19/h3-6,11H,1-2,7-10H2,(H2,17,18,20,23). The predicted molar refractivity (Wildman–Crippen MR) is 90.3 cm³/mol. The average Bonchev–Trinajstić information content (AvgIpc) is 3.40. The van der Waals surface area contributed by atoms with Gasteiger partial charge in [-0.2, -0.15) is 0 Å². The highest BCUT2D eigenvalue weighted by Gasteiger charge is 2.30. The Bertz CT molecular complexity index is 608. The summed E-state index contributed by atoms with van der Waals surface area (Å²) in [4.78, 5) is 25.7. The highest BCUT2D eigenvalue weighted by atomic mass is 32.1. The second-order valence-electron chi connectivity index (χ2n) is 5.70. The molecule has 0 aromatic heterocycles. The van der Waals surface area contributed by atoms with Crippen LogP contribution in [0.5, 0.6) is 0 Å². The summed E-state index contributed by atoms with van der Waals surface area (Å²) in [6.07, 6.45) is 1.87. The van der Waals surface area contributed by atoms with Gasteiger partial charge in [0.05, 0.1) is 13.2 Å². The van der Waals surface area contributed by atoms with Crippen LogP contribution in [0.2, 0.25) is 0 Å². The molecule has 1 aliphatic heterocycles. The maximum atomic E-state index is 12.3. The van der Waals surface area contributed by atoms with E-state index in [9.17, 15) is 9.59 Å². The number of nitrogens with one attached hydrogen (secondary N) is 2. The largest absolute Gasteiger partial charge is 0.378 e. The minimum Gasteiger partial charge on any atom is -0.378 e. The van der Waals surface area contributed by atoms with Gasteiger partial charge >= 0.3 is 0 Å². The molecule has 122 valence electrons. The Morgan fingerprint density at radius 1 is 1.13 bits per heavy atom. The molecule has 2 aliphatic rings. The molecule has 23 heavy (non-hydrogen) atoms. The first-order chi connectivity index (χ1) is 11.1. The third-order valence-corrected chi connectivity index (χ3v) is 4.08. The van der Waals surface area contributed by atoms with Crippen LogP contribution in [0.25, 0.3) is 0 Å². The van der Waals surface area contributed by atoms with Crippen LogP contribution in [0.1, 0.15) is 23.2 Å². The summed E-state index contributed by atoms with van der Waals surface area (Å²) in [5.74, 6) is 0.0920. The molecule has 2 amide bonds. The van der Waals surface area contributed by atoms with Crippen LogP contribution < -0.4 is 10.6 Å². The molecule has 2 N–H and O–H groups in total. The van der Waals surface area contributed by atoms with E-state index in [2.05, 4.69) is 10.6 Å². The summed E-state index contributed by atoms with van der Waals surface area (Å²) in [6.45, 7) is 2.41. The number of carbonyl (C=O) groups excluding carboxylic acids is 2. The number of anilines is 1. The lowest BCUT2D eigenvalue weighted by Gasteiger charge is -2.26. The van der Waals surface area contributed by atoms with Crippen molar-refractivity contribution in [3.8, 4) is 0 Å². The summed E-state index contributed by atoms with van der Waals surface area (Å²) in [5.41, 5.74) is 1.37. The number of ether oxygens (including phenoxy) is 1. The van der Waals surface area contributed by atoms with E-state index < -0.39 is 0 Å². The lowest BCUT2D eigenvalue weighted by molar-refractivity contribution is -0.120. The Kier molecular flexibility index (Phi) is 4.88. The van der Waals surface area contributed by atoms with Gasteiger partial charge in [0, 0.05) is 30.3 Å². The van der Waals surface area contributed by atoms with E-state index in [1.807, 2.05) is 0 Å². The summed E-state index contributed by atoms with van der Waals surface area (Å²) in [6, 6.07) is 7.07. The van der Waals surface area contributed by atoms with Gasteiger partial charge in [-0.15, -0.1) is 0 Å². The molecule has 1 aromatic carbocycles. The zero-order valence-electron chi connectivity index (χ0n) is 12.7. The van der Waals surface area contributed by atoms with Crippen LogP contribution in [0.15, 0.2) is 24.3 Å². The fourth-order valence-corrected chi connectivity index (χ4v) is 2.59. The monoisotopic (exact) mass is 333 g/mol. The molecule has 0 atom stereocenters. The first-order valence-electron chi connectivity index (χ1n) is 7.72. The maximum absolute atomic E-state index is 12.3. The van der Waals surface area contributed by atoms with Gasteiger partial charge in [-0.05, 0) is 49.3 Å². The second kappa shape index (κ2) is 7.06. The molecule has 1 saturated carbocycles. The average molecular weight is 333 g/mol. The van der Waals surface area contributed by atoms with Gasteiger partial charge in [0.2, 0.25) is 5.91 Å². The van der Waals surface area contributed by atoms with Crippen molar-refractivity contribution in [2.75, 3.05) is 31.6 Å². The van der Waals surface area contributed by atoms with Crippen molar-refractivity contribution in [1.82, 2.24) is 10.2 Å². The molecule has 0 spiro atoms. The van der Waals surface area contributed by atoms with Crippen molar-refractivity contribution >= 4 is 34.8 Å². The van der Waals surface area contributed by atoms with E-state index in [1.54, 1.807) is 29.2 Å². The van der Waals surface area contributed by atoms with Gasteiger partial charge in [0.15, 0.2) is 5.11 Å². The Labute approximate surface area is 140 Å². The minimum absolute atomic E-state index is 0.00413. The number of thiocarbonyl (C=S) groups is 1. The van der Waals surface area contributed by atoms with Crippen molar-refractivity contribution in [3.63, 3.8) is 0 Å². The fourth-order valence-electron chi connectivity index (χ4n) is 2.37. The van der Waals surface area contributed by atoms with E-state index in [0.717, 1.165) is 18.5 Å². The van der Waals surface area contributed by atoms with Crippen LogP contribution >= 0.6 is 12.2 Å². The topological polar surface area (TPSA) is 70.7 Å². The summed E-state index contributed by atoms with van der Waals surface area (Å²) in [5, 5.41) is 5.91. The molecule has 7 heteroatoms. The molecular weight excluding hydrogens is 314 g/mol. The Balaban J connectivity index is 1.54. The molecule has 2 fully saturated rings. The quantitative estimate of drug-likeness (QED) is 0.818. The Hall–Kier alpha value is -1.99. The fraction of sp³-hybridized carbons (Fsp3) is 0.438. The molecule has 1 saturated heterocycles. The maximum Gasteiger partial charge on any atom is 0.254 e. The first kappa shape index (κ1) is 15.9. The summed E-state index contributed by atoms with van der Waals surface area (Å²) in [7, 11) is 0. The van der Waals surface area contributed by atoms with Crippen LogP contribution in [-0.4, -0.2) is 48.1 Å². The van der Waals surface area contributed by atoms with E-state index in [4.69, 9.17) is 17.0 Å². The molecule has 6 nitrogen and oxygen atoms in total. The highest BCUT2D eigenvalue weighted by Crippen LogP contribution is 2.28. The number of morpholine rings is 1. The van der Waals surface area contributed by atoms with Gasteiger partial charge in [-0.25, -0.2) is 0 Å². The molecule has 0 unspecified atom stereocenters. The van der Waals surface area contributed by atoms with Crippen molar-refractivity contribution < 1.29 is 14.3 Å². The third-order valence-electron chi connectivity index (χ3n) is 3.87. The third kappa shape index (κ3) is 4.27. The molecule has 1 aromatic rings. The van der Waals surface area contributed by atoms with Gasteiger partial charge in [-0.1, -0.05) is 0 Å². The van der Waals surface area contributed by atoms with E-state index in [1.165, 1.54) is 0 Å². The predicted octanol–water partition coefficient (Wildman–Crippen LogP) is 1.38. The lowest BCUT2D eigenvalue weighted by atomic mass is 10.1. The smallest absolute Gasteiger partial charge is 0.254 e. The SMILES string of the molecule is O=C(NC(=S)Nc1ccc(C(=O)N2CCOCC2)cc1)C1CC1. The van der Waals surface area contributed by atoms with Crippen molar-refractivity contribution in [3.05, 3.63) is 29.8 Å². The number of carbonyl (C=O) groups is 2. The van der Waals surface area contributed by atoms with Gasteiger partial charge in [0.25, 0.3) is 5.91 Å². The molecule has 0 bridgehead atoms. The van der Waals surface area contributed by atoms with Gasteiger partial charge in [0.1, 0.15) is 0 Å². The van der Waals surface area contributed by atoms with Gasteiger partial charge in [-0.3, -0.25) is 9.59 Å². The Morgan fingerprint density at radius 2 is 1.78 bits per heavy atom. The minimum atomic E-state index is -0.0263. The molecular formula is C16H19N3O3S. The first-order valence-corrected chi connectivity index (χ1v) is 8.13. The number of hydrogen-bond acceptors (Lipinski definition) is 4. The zero-order valence-corrected chi connectivity index (χ0v) is 13.5. The highest BCUT2D eigenvalue weighted by molar-refractivity contribution is 7.80. The van der Waals surface area contributed by atoms with E-state index >= 15 is 0 Å². The summed E-state index contributed by atoms with van der Waals surface area (Å²) >= 11 is 5.11. The van der Waals surface area contributed by atoms with Crippen LogP contribution in [0.3, 0.4) is 0 Å². The van der Waals surface area contributed by atoms with Crippen LogP contribution in [0, 0.1) is 5.92 Å². The lowest BCUT2D eigenvalue weighted by Crippen LogP contribution is -2.40. The summed E-state index contributed by atoms with van der Waals surface area (Å²) < 4.78 is 5.25. The van der Waals surface area contributed by atoms with Crippen molar-refractivity contribution in [2.24, 2.45) is 5.92 Å². The normalized spacial score (nSPS) is 17.5. The Morgan fingerprint density at radius 3 is 2.39 bits per heavy atom. The van der Waals surface area contributed by atoms with E-state index in [-0.39, 0.29) is 22.8 Å². The van der Waals surface area contributed by atoms with E-state index in [0.29, 0.717) is 31.9 Å². The van der Waals surface area contributed by atoms with Gasteiger partial charge < -0.3 is 20.3 Å². The van der Waals surface area contributed by atoms with Crippen LogP contribution in [0.4, 0.5) is 5.69 Å². The molecule has 3 rings (SSSR count). The second-order valence-corrected chi connectivity index (χ2v) is 6.11. The number of hydrogen-bond donors (Lipinski definition) is 2. The van der Waals surface area contributed by atoms with Crippen LogP contribution in [-0.2, 0) is 9.53 Å². The number of amides is 2. The molecule has 0 radical (unpaired) electrons. The molecule has 1 heterocycles. The number of rotatable bonds is 3. The molecule has 1 aliphatic carbocycles. The number of benzene rings is 1. The number of nitrogens with zero attached hydrogens (tertiary/aromatic N) is 1. The zero-order chi connectivity index (χ0) is 16.2. The van der Waals surface area contributed by atoms with Crippen molar-refractivity contribution in [1.29, 1.82) is 0 Å². The van der Waals surface area contributed by atoms with Crippen molar-refractivity contribution in [2.45, 2.75) is 12.8 Å².